The van der Waals surface area contributed by atoms with Gasteiger partial charge in [0, 0.05) is 11.6 Å². The first-order chi connectivity index (χ1) is 6.00. The summed E-state index contributed by atoms with van der Waals surface area (Å²) in [5.74, 6) is 6.40. The van der Waals surface area contributed by atoms with Crippen LogP contribution in [0.15, 0.2) is 0 Å². The number of hydrogen-bond acceptors (Lipinski definition) is 3. The van der Waals surface area contributed by atoms with Gasteiger partial charge in [-0.3, -0.25) is 11.3 Å². The van der Waals surface area contributed by atoms with E-state index in [0.717, 1.165) is 5.92 Å². The monoisotopic (exact) mass is 185 g/mol. The molecule has 1 saturated carbocycles. The zero-order valence-corrected chi connectivity index (χ0v) is 9.30. The standard InChI is InChI=1S/C10H23N3/c1-10(2,13(3)4)9(12-11)8-6-5-7-8/h8-9,12H,5-7,11H2,1-4H3. The van der Waals surface area contributed by atoms with Gasteiger partial charge in [0.25, 0.3) is 0 Å². The van der Waals surface area contributed by atoms with E-state index in [1.807, 2.05) is 0 Å². The molecule has 78 valence electrons. The van der Waals surface area contributed by atoms with E-state index in [1.165, 1.54) is 19.3 Å². The number of nitrogens with zero attached hydrogens (tertiary/aromatic N) is 1. The molecule has 0 amide bonds. The second-order valence-corrected chi connectivity index (χ2v) is 4.88. The van der Waals surface area contributed by atoms with E-state index < -0.39 is 0 Å². The summed E-state index contributed by atoms with van der Waals surface area (Å²) in [7, 11) is 4.23. The molecular weight excluding hydrogens is 162 g/mol. The lowest BCUT2D eigenvalue weighted by Crippen LogP contribution is -2.61. The van der Waals surface area contributed by atoms with Gasteiger partial charge in [-0.2, -0.15) is 0 Å². The summed E-state index contributed by atoms with van der Waals surface area (Å²) in [5, 5.41) is 0. The first kappa shape index (κ1) is 11.0. The molecule has 0 saturated heterocycles. The molecule has 3 heteroatoms. The van der Waals surface area contributed by atoms with Crippen molar-refractivity contribution >= 4 is 0 Å². The van der Waals surface area contributed by atoms with E-state index in [0.29, 0.717) is 6.04 Å². The third-order valence-corrected chi connectivity index (χ3v) is 3.71. The van der Waals surface area contributed by atoms with Gasteiger partial charge in [-0.1, -0.05) is 6.42 Å². The molecule has 0 heterocycles. The largest absolute Gasteiger partial charge is 0.303 e. The summed E-state index contributed by atoms with van der Waals surface area (Å²) in [5.41, 5.74) is 3.12. The molecule has 0 radical (unpaired) electrons. The van der Waals surface area contributed by atoms with Crippen LogP contribution in [0.25, 0.3) is 0 Å². The summed E-state index contributed by atoms with van der Waals surface area (Å²) in [6.45, 7) is 4.49. The highest BCUT2D eigenvalue weighted by atomic mass is 15.3. The second-order valence-electron chi connectivity index (χ2n) is 4.88. The van der Waals surface area contributed by atoms with Crippen LogP contribution >= 0.6 is 0 Å². The zero-order chi connectivity index (χ0) is 10.1. The summed E-state index contributed by atoms with van der Waals surface area (Å²) < 4.78 is 0. The average molecular weight is 185 g/mol. The first-order valence-electron chi connectivity index (χ1n) is 5.13. The van der Waals surface area contributed by atoms with Crippen LogP contribution < -0.4 is 11.3 Å². The summed E-state index contributed by atoms with van der Waals surface area (Å²) in [6.07, 6.45) is 4.02. The molecule has 0 spiro atoms. The number of hydrogen-bond donors (Lipinski definition) is 2. The maximum Gasteiger partial charge on any atom is 0.0417 e. The third kappa shape index (κ3) is 2.03. The maximum absolute atomic E-state index is 5.63. The van der Waals surface area contributed by atoms with Crippen molar-refractivity contribution in [2.45, 2.75) is 44.7 Å². The molecule has 0 aliphatic heterocycles. The van der Waals surface area contributed by atoms with E-state index in [-0.39, 0.29) is 5.54 Å². The van der Waals surface area contributed by atoms with Gasteiger partial charge in [-0.25, -0.2) is 0 Å². The van der Waals surface area contributed by atoms with Crippen molar-refractivity contribution in [2.24, 2.45) is 11.8 Å². The van der Waals surface area contributed by atoms with Crippen LogP contribution in [0.4, 0.5) is 0 Å². The molecule has 13 heavy (non-hydrogen) atoms. The fourth-order valence-corrected chi connectivity index (χ4v) is 1.97. The fraction of sp³-hybridized carbons (Fsp3) is 1.00. The number of rotatable bonds is 4. The number of nitrogens with two attached hydrogens (primary N) is 1. The molecular formula is C10H23N3. The molecule has 0 aromatic heterocycles. The molecule has 3 nitrogen and oxygen atoms in total. The van der Waals surface area contributed by atoms with Crippen LogP contribution in [-0.4, -0.2) is 30.6 Å². The normalized spacial score (nSPS) is 21.7. The Balaban J connectivity index is 2.63. The quantitative estimate of drug-likeness (QED) is 0.506. The Morgan fingerprint density at radius 2 is 1.92 bits per heavy atom. The zero-order valence-electron chi connectivity index (χ0n) is 9.30. The predicted molar refractivity (Wildman–Crippen MR) is 56.2 cm³/mol. The average Bonchev–Trinajstić information content (AvgIpc) is 1.95. The van der Waals surface area contributed by atoms with E-state index >= 15 is 0 Å². The van der Waals surface area contributed by atoms with Crippen molar-refractivity contribution in [3.63, 3.8) is 0 Å². The van der Waals surface area contributed by atoms with Crippen LogP contribution in [0.1, 0.15) is 33.1 Å². The lowest BCUT2D eigenvalue weighted by atomic mass is 9.73. The van der Waals surface area contributed by atoms with Crippen LogP contribution in [0.3, 0.4) is 0 Å². The molecule has 1 unspecified atom stereocenters. The Labute approximate surface area is 81.6 Å². The molecule has 3 N–H and O–H groups in total. The molecule has 0 aromatic rings. The smallest absolute Gasteiger partial charge is 0.0417 e. The van der Waals surface area contributed by atoms with Crippen LogP contribution in [0.2, 0.25) is 0 Å². The number of hydrazine groups is 1. The third-order valence-electron chi connectivity index (χ3n) is 3.71. The Bertz CT molecular complexity index is 162. The molecule has 0 aromatic carbocycles. The molecule has 0 bridgehead atoms. The number of nitrogens with one attached hydrogen (secondary N) is 1. The summed E-state index contributed by atoms with van der Waals surface area (Å²) >= 11 is 0. The van der Waals surface area contributed by atoms with E-state index in [4.69, 9.17) is 5.84 Å². The summed E-state index contributed by atoms with van der Waals surface area (Å²) in [4.78, 5) is 2.25. The van der Waals surface area contributed by atoms with Gasteiger partial charge in [0.1, 0.15) is 0 Å². The molecule has 1 aliphatic rings. The Kier molecular flexibility index (Phi) is 3.33. The summed E-state index contributed by atoms with van der Waals surface area (Å²) in [6, 6.07) is 0.413. The lowest BCUT2D eigenvalue weighted by Gasteiger charge is -2.46. The highest BCUT2D eigenvalue weighted by molar-refractivity contribution is 4.96. The topological polar surface area (TPSA) is 41.3 Å². The minimum Gasteiger partial charge on any atom is -0.303 e. The molecule has 1 atom stereocenters. The maximum atomic E-state index is 5.63. The van der Waals surface area contributed by atoms with Crippen molar-refractivity contribution in [1.82, 2.24) is 10.3 Å². The highest BCUT2D eigenvalue weighted by Crippen LogP contribution is 2.35. The van der Waals surface area contributed by atoms with Gasteiger partial charge >= 0.3 is 0 Å². The SMILES string of the molecule is CN(C)C(C)(C)C(NN)C1CCC1. The van der Waals surface area contributed by atoms with Crippen molar-refractivity contribution in [3.8, 4) is 0 Å². The van der Waals surface area contributed by atoms with Crippen LogP contribution in [0.5, 0.6) is 0 Å². The van der Waals surface area contributed by atoms with Gasteiger partial charge in [0.15, 0.2) is 0 Å². The van der Waals surface area contributed by atoms with Crippen LogP contribution in [0, 0.1) is 5.92 Å². The minimum atomic E-state index is 0.139. The Morgan fingerprint density at radius 3 is 2.15 bits per heavy atom. The minimum absolute atomic E-state index is 0.139. The molecule has 1 rings (SSSR count). The van der Waals surface area contributed by atoms with Gasteiger partial charge in [-0.15, -0.1) is 0 Å². The van der Waals surface area contributed by atoms with E-state index in [1.54, 1.807) is 0 Å². The second kappa shape index (κ2) is 3.95. The van der Waals surface area contributed by atoms with E-state index in [9.17, 15) is 0 Å². The fourth-order valence-electron chi connectivity index (χ4n) is 1.97. The van der Waals surface area contributed by atoms with Crippen molar-refractivity contribution in [1.29, 1.82) is 0 Å². The molecule has 1 aliphatic carbocycles. The number of likely N-dealkylation sites (N-methyl/N-ethyl adjacent to an activating group) is 1. The highest BCUT2D eigenvalue weighted by Gasteiger charge is 2.38. The Morgan fingerprint density at radius 1 is 1.38 bits per heavy atom. The van der Waals surface area contributed by atoms with Crippen molar-refractivity contribution in [2.75, 3.05) is 14.1 Å². The first-order valence-corrected chi connectivity index (χ1v) is 5.13. The van der Waals surface area contributed by atoms with Crippen molar-refractivity contribution in [3.05, 3.63) is 0 Å². The van der Waals surface area contributed by atoms with Gasteiger partial charge in [-0.05, 0) is 46.7 Å². The molecule has 1 fully saturated rings. The van der Waals surface area contributed by atoms with Gasteiger partial charge in [0.2, 0.25) is 0 Å². The Hall–Kier alpha value is -0.120. The van der Waals surface area contributed by atoms with Gasteiger partial charge in [0.05, 0.1) is 0 Å². The van der Waals surface area contributed by atoms with E-state index in [2.05, 4.69) is 38.3 Å². The van der Waals surface area contributed by atoms with Crippen LogP contribution in [-0.2, 0) is 0 Å². The van der Waals surface area contributed by atoms with Crippen molar-refractivity contribution < 1.29 is 0 Å². The lowest BCUT2D eigenvalue weighted by molar-refractivity contribution is 0.0717. The predicted octanol–water partition coefficient (Wildman–Crippen LogP) is 0.959. The van der Waals surface area contributed by atoms with Gasteiger partial charge < -0.3 is 4.90 Å².